The van der Waals surface area contributed by atoms with Crippen LogP contribution in [0.25, 0.3) is 0 Å². The third-order valence-corrected chi connectivity index (χ3v) is 4.18. The van der Waals surface area contributed by atoms with E-state index >= 15 is 0 Å². The first-order chi connectivity index (χ1) is 12.9. The number of nitrogens with one attached hydrogen (secondary N) is 1. The summed E-state index contributed by atoms with van der Waals surface area (Å²) in [7, 11) is 0. The maximum Gasteiger partial charge on any atom is 0.316 e. The van der Waals surface area contributed by atoms with Crippen LogP contribution in [0.5, 0.6) is 11.5 Å². The van der Waals surface area contributed by atoms with Gasteiger partial charge in [-0.25, -0.2) is 4.79 Å². The maximum absolute atomic E-state index is 12.5. The van der Waals surface area contributed by atoms with E-state index in [0.29, 0.717) is 33.3 Å². The van der Waals surface area contributed by atoms with Crippen LogP contribution in [0.3, 0.4) is 0 Å². The number of primary amides is 1. The first kappa shape index (κ1) is 18.8. The molecule has 0 aliphatic heterocycles. The number of nitrogens with two attached hydrogens (primary N) is 1. The Hall–Kier alpha value is -3.02. The van der Waals surface area contributed by atoms with E-state index in [1.54, 1.807) is 48.5 Å². The van der Waals surface area contributed by atoms with E-state index in [0.717, 1.165) is 0 Å². The number of carbonyl (C=O) groups excluding carboxylic acids is 2. The van der Waals surface area contributed by atoms with Crippen molar-refractivity contribution in [3.05, 3.63) is 87.9 Å². The van der Waals surface area contributed by atoms with Gasteiger partial charge in [-0.15, -0.1) is 0 Å². The number of carbonyl (C=O) groups is 2. The van der Waals surface area contributed by atoms with Crippen LogP contribution in [-0.4, -0.2) is 11.8 Å². The van der Waals surface area contributed by atoms with Crippen molar-refractivity contribution in [3.63, 3.8) is 0 Å². The summed E-state index contributed by atoms with van der Waals surface area (Å²) in [6.45, 7) is 0. The average Bonchev–Trinajstić information content (AvgIpc) is 2.65. The fourth-order valence-electron chi connectivity index (χ4n) is 2.42. The summed E-state index contributed by atoms with van der Waals surface area (Å²) in [6, 6.07) is 17.5. The van der Waals surface area contributed by atoms with Crippen molar-refractivity contribution in [2.24, 2.45) is 5.73 Å². The van der Waals surface area contributed by atoms with Crippen LogP contribution in [0.15, 0.2) is 66.7 Å². The summed E-state index contributed by atoms with van der Waals surface area (Å²) in [6.07, 6.45) is 0. The molecule has 0 radical (unpaired) electrons. The topological polar surface area (TPSA) is 81.4 Å². The normalized spacial score (nSPS) is 10.3. The van der Waals surface area contributed by atoms with E-state index in [4.69, 9.17) is 33.7 Å². The molecule has 3 aromatic rings. The molecule has 136 valence electrons. The fourth-order valence-corrected chi connectivity index (χ4v) is 2.81. The highest BCUT2D eigenvalue weighted by Crippen LogP contribution is 2.36. The lowest BCUT2D eigenvalue weighted by molar-refractivity contribution is 0.103. The van der Waals surface area contributed by atoms with Crippen LogP contribution in [0.4, 0.5) is 10.5 Å². The van der Waals surface area contributed by atoms with E-state index in [1.165, 1.54) is 12.1 Å². The Labute approximate surface area is 165 Å². The minimum atomic E-state index is -0.753. The van der Waals surface area contributed by atoms with Gasteiger partial charge in [0.15, 0.2) is 11.5 Å². The second kappa shape index (κ2) is 8.12. The van der Waals surface area contributed by atoms with Crippen LogP contribution in [0.2, 0.25) is 10.0 Å². The predicted molar refractivity (Wildman–Crippen MR) is 106 cm³/mol. The van der Waals surface area contributed by atoms with Gasteiger partial charge in [-0.3, -0.25) is 4.79 Å². The molecule has 0 aromatic heterocycles. The number of amides is 2. The number of hydrogen-bond acceptors (Lipinski definition) is 3. The van der Waals surface area contributed by atoms with Gasteiger partial charge in [0.05, 0.1) is 10.7 Å². The Morgan fingerprint density at radius 2 is 1.56 bits per heavy atom. The van der Waals surface area contributed by atoms with Crippen molar-refractivity contribution >= 4 is 40.7 Å². The molecule has 2 amide bonds. The van der Waals surface area contributed by atoms with Gasteiger partial charge in [-0.05, 0) is 36.4 Å². The number of benzene rings is 3. The number of rotatable bonds is 5. The Kier molecular flexibility index (Phi) is 5.64. The minimum absolute atomic E-state index is 0.147. The molecule has 0 aliphatic carbocycles. The second-order valence-corrected chi connectivity index (χ2v) is 6.42. The fraction of sp³-hybridized carbons (Fsp3) is 0. The van der Waals surface area contributed by atoms with Gasteiger partial charge >= 0.3 is 6.03 Å². The highest BCUT2D eigenvalue weighted by molar-refractivity contribution is 6.32. The van der Waals surface area contributed by atoms with Gasteiger partial charge < -0.3 is 15.8 Å². The molecule has 7 heteroatoms. The van der Waals surface area contributed by atoms with Gasteiger partial charge in [0.25, 0.3) is 0 Å². The molecule has 0 fully saturated rings. The zero-order valence-electron chi connectivity index (χ0n) is 13.9. The lowest BCUT2D eigenvalue weighted by Crippen LogP contribution is -2.19. The highest BCUT2D eigenvalue weighted by atomic mass is 35.5. The van der Waals surface area contributed by atoms with E-state index < -0.39 is 6.03 Å². The number of ether oxygens (including phenoxy) is 1. The molecule has 0 heterocycles. The standard InChI is InChI=1S/C20H14Cl2N2O3/c21-14-7-9-18(16(11-14)24-20(23)26)27-17-8-6-13(10-15(17)22)19(25)12-4-2-1-3-5-12/h1-11H,(H3,23,24,26). The molecule has 0 saturated carbocycles. The number of hydrogen-bond donors (Lipinski definition) is 2. The highest BCUT2D eigenvalue weighted by Gasteiger charge is 2.14. The second-order valence-electron chi connectivity index (χ2n) is 5.57. The van der Waals surface area contributed by atoms with E-state index in [-0.39, 0.29) is 10.8 Å². The van der Waals surface area contributed by atoms with Crippen molar-refractivity contribution in [3.8, 4) is 11.5 Å². The molecule has 27 heavy (non-hydrogen) atoms. The van der Waals surface area contributed by atoms with Crippen LogP contribution >= 0.6 is 23.2 Å². The predicted octanol–water partition coefficient (Wildman–Crippen LogP) is 5.51. The molecule has 0 spiro atoms. The van der Waals surface area contributed by atoms with Crippen LogP contribution < -0.4 is 15.8 Å². The molecule has 0 unspecified atom stereocenters. The van der Waals surface area contributed by atoms with Crippen molar-refractivity contribution in [1.29, 1.82) is 0 Å². The summed E-state index contributed by atoms with van der Waals surface area (Å²) >= 11 is 12.2. The summed E-state index contributed by atoms with van der Waals surface area (Å²) in [5, 5.41) is 3.09. The molecule has 3 rings (SSSR count). The van der Waals surface area contributed by atoms with Gasteiger partial charge in [-0.1, -0.05) is 53.5 Å². The van der Waals surface area contributed by atoms with Crippen molar-refractivity contribution in [1.82, 2.24) is 0 Å². The lowest BCUT2D eigenvalue weighted by atomic mass is 10.0. The average molecular weight is 401 g/mol. The third kappa shape index (κ3) is 4.58. The SMILES string of the molecule is NC(=O)Nc1cc(Cl)ccc1Oc1ccc(C(=O)c2ccccc2)cc1Cl. The molecule has 0 atom stereocenters. The molecule has 0 saturated heterocycles. The Morgan fingerprint density at radius 1 is 0.852 bits per heavy atom. The maximum atomic E-state index is 12.5. The Morgan fingerprint density at radius 3 is 2.22 bits per heavy atom. The molecule has 3 N–H and O–H groups in total. The molecule has 5 nitrogen and oxygen atoms in total. The van der Waals surface area contributed by atoms with Gasteiger partial charge in [0, 0.05) is 16.1 Å². The number of urea groups is 1. The number of ketones is 1. The smallest absolute Gasteiger partial charge is 0.316 e. The molecular formula is C20H14Cl2N2O3. The summed E-state index contributed by atoms with van der Waals surface area (Å²) in [5.74, 6) is 0.477. The van der Waals surface area contributed by atoms with Crippen molar-refractivity contribution in [2.75, 3.05) is 5.32 Å². The summed E-state index contributed by atoms with van der Waals surface area (Å²) in [4.78, 5) is 23.7. The quantitative estimate of drug-likeness (QED) is 0.554. The first-order valence-corrected chi connectivity index (χ1v) is 8.63. The Balaban J connectivity index is 1.87. The Bertz CT molecular complexity index is 1010. The van der Waals surface area contributed by atoms with Gasteiger partial charge in [0.2, 0.25) is 0 Å². The third-order valence-electron chi connectivity index (χ3n) is 3.65. The molecule has 3 aromatic carbocycles. The van der Waals surface area contributed by atoms with Crippen molar-refractivity contribution < 1.29 is 14.3 Å². The lowest BCUT2D eigenvalue weighted by Gasteiger charge is -2.13. The summed E-state index contributed by atoms with van der Waals surface area (Å²) in [5.41, 5.74) is 6.46. The number of anilines is 1. The van der Waals surface area contributed by atoms with E-state index in [9.17, 15) is 9.59 Å². The van der Waals surface area contributed by atoms with Gasteiger partial charge in [0.1, 0.15) is 5.75 Å². The molecular weight excluding hydrogens is 387 g/mol. The minimum Gasteiger partial charge on any atom is -0.454 e. The molecule has 0 bridgehead atoms. The summed E-state index contributed by atoms with van der Waals surface area (Å²) < 4.78 is 5.76. The monoisotopic (exact) mass is 400 g/mol. The van der Waals surface area contributed by atoms with Crippen LogP contribution in [-0.2, 0) is 0 Å². The van der Waals surface area contributed by atoms with Crippen LogP contribution in [0, 0.1) is 0 Å². The largest absolute Gasteiger partial charge is 0.454 e. The number of halogens is 2. The molecule has 0 aliphatic rings. The van der Waals surface area contributed by atoms with E-state index in [1.807, 2.05) is 6.07 Å². The zero-order chi connectivity index (χ0) is 19.4. The van der Waals surface area contributed by atoms with Crippen LogP contribution in [0.1, 0.15) is 15.9 Å². The zero-order valence-corrected chi connectivity index (χ0v) is 15.4. The van der Waals surface area contributed by atoms with Crippen molar-refractivity contribution in [2.45, 2.75) is 0 Å². The van der Waals surface area contributed by atoms with Gasteiger partial charge in [-0.2, -0.15) is 0 Å². The van der Waals surface area contributed by atoms with E-state index in [2.05, 4.69) is 5.32 Å². The first-order valence-electron chi connectivity index (χ1n) is 7.87.